The third kappa shape index (κ3) is 4.88. The minimum absolute atomic E-state index is 0.107. The third-order valence-electron chi connectivity index (χ3n) is 3.00. The highest BCUT2D eigenvalue weighted by atomic mass is 16.1. The predicted molar refractivity (Wildman–Crippen MR) is 75.5 cm³/mol. The molecule has 0 bridgehead atoms. The van der Waals surface area contributed by atoms with Crippen LogP contribution in [0.4, 0.5) is 0 Å². The van der Waals surface area contributed by atoms with E-state index in [-0.39, 0.29) is 17.9 Å². The molecule has 18 heavy (non-hydrogen) atoms. The molecule has 0 aliphatic heterocycles. The average Bonchev–Trinajstić information content (AvgIpc) is 2.31. The van der Waals surface area contributed by atoms with Crippen molar-refractivity contribution in [3.8, 4) is 0 Å². The van der Waals surface area contributed by atoms with Crippen LogP contribution in [0.3, 0.4) is 0 Å². The van der Waals surface area contributed by atoms with Crippen LogP contribution < -0.4 is 11.1 Å². The Bertz CT molecular complexity index is 371. The Morgan fingerprint density at radius 2 is 1.89 bits per heavy atom. The first-order valence-electron chi connectivity index (χ1n) is 6.59. The molecule has 0 spiro atoms. The van der Waals surface area contributed by atoms with Crippen LogP contribution in [0.5, 0.6) is 0 Å². The summed E-state index contributed by atoms with van der Waals surface area (Å²) in [7, 11) is 0. The first-order valence-corrected chi connectivity index (χ1v) is 6.59. The van der Waals surface area contributed by atoms with Gasteiger partial charge in [-0.25, -0.2) is 0 Å². The van der Waals surface area contributed by atoms with Crippen LogP contribution in [0.2, 0.25) is 0 Å². The fraction of sp³-hybridized carbons (Fsp3) is 0.533. The van der Waals surface area contributed by atoms with Gasteiger partial charge in [0.25, 0.3) is 0 Å². The van der Waals surface area contributed by atoms with Crippen molar-refractivity contribution < 1.29 is 4.79 Å². The summed E-state index contributed by atoms with van der Waals surface area (Å²) in [6, 6.07) is 8.59. The van der Waals surface area contributed by atoms with E-state index in [2.05, 4.69) is 36.5 Å². The number of carbonyl (C=O) groups is 1. The number of nitrogens with two attached hydrogens (primary N) is 1. The zero-order valence-electron chi connectivity index (χ0n) is 11.6. The van der Waals surface area contributed by atoms with Crippen molar-refractivity contribution in [2.24, 2.45) is 5.73 Å². The second-order valence-corrected chi connectivity index (χ2v) is 5.10. The molecule has 3 nitrogen and oxygen atoms in total. The van der Waals surface area contributed by atoms with Crippen molar-refractivity contribution in [3.05, 3.63) is 35.4 Å². The lowest BCUT2D eigenvalue weighted by Gasteiger charge is -2.16. The highest BCUT2D eigenvalue weighted by Crippen LogP contribution is 2.20. The number of benzene rings is 1. The monoisotopic (exact) mass is 248 g/mol. The topological polar surface area (TPSA) is 55.1 Å². The summed E-state index contributed by atoms with van der Waals surface area (Å²) in [6.07, 6.45) is 1.34. The molecule has 1 aromatic carbocycles. The number of hydrogen-bond donors (Lipinski definition) is 2. The quantitative estimate of drug-likeness (QED) is 0.812. The number of rotatable bonds is 6. The normalized spacial score (nSPS) is 12.5. The summed E-state index contributed by atoms with van der Waals surface area (Å²) in [5, 5.41) is 2.90. The lowest BCUT2D eigenvalue weighted by molar-refractivity contribution is -0.121. The average molecular weight is 248 g/mol. The molecule has 0 saturated heterocycles. The molecule has 0 aliphatic rings. The molecule has 1 atom stereocenters. The molecule has 0 aromatic heterocycles. The summed E-state index contributed by atoms with van der Waals surface area (Å²) < 4.78 is 0. The highest BCUT2D eigenvalue weighted by Gasteiger charge is 2.12. The Balaban J connectivity index is 2.52. The molecular formula is C15H24N2O. The van der Waals surface area contributed by atoms with Crippen LogP contribution in [-0.2, 0) is 4.79 Å². The maximum Gasteiger partial charge on any atom is 0.220 e. The molecular weight excluding hydrogens is 224 g/mol. The Morgan fingerprint density at radius 3 is 2.39 bits per heavy atom. The molecule has 1 aromatic rings. The Labute approximate surface area is 110 Å². The smallest absolute Gasteiger partial charge is 0.220 e. The maximum absolute atomic E-state index is 11.6. The van der Waals surface area contributed by atoms with E-state index in [9.17, 15) is 4.79 Å². The second kappa shape index (κ2) is 7.17. The van der Waals surface area contributed by atoms with Crippen LogP contribution in [-0.4, -0.2) is 18.5 Å². The van der Waals surface area contributed by atoms with Crippen molar-refractivity contribution in [3.63, 3.8) is 0 Å². The van der Waals surface area contributed by atoms with E-state index < -0.39 is 0 Å². The molecule has 100 valence electrons. The molecule has 3 N–H and O–H groups in total. The van der Waals surface area contributed by atoms with Crippen LogP contribution >= 0.6 is 0 Å². The zero-order valence-corrected chi connectivity index (χ0v) is 11.6. The van der Waals surface area contributed by atoms with Crippen LogP contribution in [0.15, 0.2) is 24.3 Å². The summed E-state index contributed by atoms with van der Waals surface area (Å²) in [4.78, 5) is 11.6. The van der Waals surface area contributed by atoms with E-state index in [1.165, 1.54) is 11.1 Å². The minimum Gasteiger partial charge on any atom is -0.354 e. The first kappa shape index (κ1) is 14.7. The van der Waals surface area contributed by atoms with E-state index in [1.54, 1.807) is 0 Å². The zero-order chi connectivity index (χ0) is 13.5. The van der Waals surface area contributed by atoms with Gasteiger partial charge in [-0.05, 0) is 45.2 Å². The van der Waals surface area contributed by atoms with Crippen molar-refractivity contribution >= 4 is 5.91 Å². The number of nitrogens with one attached hydrogen (secondary N) is 1. The van der Waals surface area contributed by atoms with Crippen LogP contribution in [0, 0.1) is 6.92 Å². The molecule has 0 fully saturated rings. The molecule has 0 aliphatic carbocycles. The van der Waals surface area contributed by atoms with Gasteiger partial charge in [-0.3, -0.25) is 4.79 Å². The standard InChI is InChI=1S/C15H24N2O/c1-11(2)17-15(18)9-8-14(10-16)13-6-4-12(3)5-7-13/h4-7,11,14H,8-10,16H2,1-3H3,(H,17,18). The van der Waals surface area contributed by atoms with Gasteiger partial charge in [0.05, 0.1) is 0 Å². The molecule has 0 radical (unpaired) electrons. The summed E-state index contributed by atoms with van der Waals surface area (Å²) in [6.45, 7) is 6.59. The summed E-state index contributed by atoms with van der Waals surface area (Å²) in [5.74, 6) is 0.374. The number of amides is 1. The largest absolute Gasteiger partial charge is 0.354 e. The summed E-state index contributed by atoms with van der Waals surface area (Å²) >= 11 is 0. The fourth-order valence-electron chi connectivity index (χ4n) is 1.96. The molecule has 0 saturated carbocycles. The van der Waals surface area contributed by atoms with E-state index in [4.69, 9.17) is 5.73 Å². The molecule has 1 amide bonds. The number of carbonyl (C=O) groups excluding carboxylic acids is 1. The van der Waals surface area contributed by atoms with Crippen molar-refractivity contribution in [1.82, 2.24) is 5.32 Å². The van der Waals surface area contributed by atoms with Crippen molar-refractivity contribution in [1.29, 1.82) is 0 Å². The van der Waals surface area contributed by atoms with Gasteiger partial charge in [-0.1, -0.05) is 29.8 Å². The molecule has 1 rings (SSSR count). The van der Waals surface area contributed by atoms with Gasteiger partial charge in [0.2, 0.25) is 5.91 Å². The Morgan fingerprint density at radius 1 is 1.28 bits per heavy atom. The third-order valence-corrected chi connectivity index (χ3v) is 3.00. The van der Waals surface area contributed by atoms with Gasteiger partial charge < -0.3 is 11.1 Å². The Kier molecular flexibility index (Phi) is 5.86. The first-order chi connectivity index (χ1) is 8.52. The van der Waals surface area contributed by atoms with E-state index >= 15 is 0 Å². The maximum atomic E-state index is 11.6. The Hall–Kier alpha value is -1.35. The van der Waals surface area contributed by atoms with Gasteiger partial charge >= 0.3 is 0 Å². The number of aryl methyl sites for hydroxylation is 1. The van der Waals surface area contributed by atoms with E-state index in [0.717, 1.165) is 6.42 Å². The minimum atomic E-state index is 0.107. The van der Waals surface area contributed by atoms with Crippen molar-refractivity contribution in [2.45, 2.75) is 45.6 Å². The molecule has 1 unspecified atom stereocenters. The lowest BCUT2D eigenvalue weighted by atomic mass is 9.93. The fourth-order valence-corrected chi connectivity index (χ4v) is 1.96. The second-order valence-electron chi connectivity index (χ2n) is 5.10. The number of hydrogen-bond acceptors (Lipinski definition) is 2. The molecule has 0 heterocycles. The van der Waals surface area contributed by atoms with Gasteiger partial charge in [0.1, 0.15) is 0 Å². The van der Waals surface area contributed by atoms with Gasteiger partial charge in [0, 0.05) is 12.5 Å². The SMILES string of the molecule is Cc1ccc(C(CN)CCC(=O)NC(C)C)cc1. The van der Waals surface area contributed by atoms with Crippen LogP contribution in [0.1, 0.15) is 43.7 Å². The lowest BCUT2D eigenvalue weighted by Crippen LogP contribution is -2.30. The van der Waals surface area contributed by atoms with Crippen LogP contribution in [0.25, 0.3) is 0 Å². The van der Waals surface area contributed by atoms with Gasteiger partial charge in [-0.15, -0.1) is 0 Å². The predicted octanol–water partition coefficient (Wildman–Crippen LogP) is 2.34. The highest BCUT2D eigenvalue weighted by molar-refractivity contribution is 5.76. The van der Waals surface area contributed by atoms with E-state index in [0.29, 0.717) is 13.0 Å². The van der Waals surface area contributed by atoms with Gasteiger partial charge in [0.15, 0.2) is 0 Å². The summed E-state index contributed by atoms with van der Waals surface area (Å²) in [5.41, 5.74) is 8.26. The van der Waals surface area contributed by atoms with Crippen molar-refractivity contribution in [2.75, 3.05) is 6.54 Å². The molecule has 3 heteroatoms. The van der Waals surface area contributed by atoms with Gasteiger partial charge in [-0.2, -0.15) is 0 Å². The van der Waals surface area contributed by atoms with E-state index in [1.807, 2.05) is 13.8 Å².